The lowest BCUT2D eigenvalue weighted by Crippen LogP contribution is -2.28. The summed E-state index contributed by atoms with van der Waals surface area (Å²) in [4.78, 5) is 4.13. The first kappa shape index (κ1) is 15.2. The lowest BCUT2D eigenvalue weighted by atomic mass is 9.97. The first-order valence-electron chi connectivity index (χ1n) is 7.21. The Hall–Kier alpha value is -1.20. The molecule has 0 aromatic carbocycles. The van der Waals surface area contributed by atoms with Crippen molar-refractivity contribution in [3.8, 4) is 0 Å². The van der Waals surface area contributed by atoms with E-state index < -0.39 is 10.0 Å². The predicted molar refractivity (Wildman–Crippen MR) is 80.9 cm³/mol. The summed E-state index contributed by atoms with van der Waals surface area (Å²) in [6.07, 6.45) is 9.99. The molecule has 20 heavy (non-hydrogen) atoms. The molecule has 4 nitrogen and oxygen atoms in total. The second-order valence-electron chi connectivity index (χ2n) is 5.14. The zero-order valence-corrected chi connectivity index (χ0v) is 12.5. The first-order chi connectivity index (χ1) is 9.66. The Kier molecular flexibility index (Phi) is 5.73. The molecule has 1 aromatic heterocycles. The van der Waals surface area contributed by atoms with E-state index in [0.717, 1.165) is 25.0 Å². The van der Waals surface area contributed by atoms with Gasteiger partial charge in [0, 0.05) is 24.9 Å². The zero-order valence-electron chi connectivity index (χ0n) is 11.7. The van der Waals surface area contributed by atoms with E-state index in [1.54, 1.807) is 6.20 Å². The van der Waals surface area contributed by atoms with Crippen molar-refractivity contribution in [3.63, 3.8) is 0 Å². The van der Waals surface area contributed by atoms with Crippen LogP contribution in [0.25, 0.3) is 0 Å². The van der Waals surface area contributed by atoms with E-state index in [2.05, 4.69) is 15.8 Å². The monoisotopic (exact) mass is 294 g/mol. The van der Waals surface area contributed by atoms with Crippen LogP contribution in [0.5, 0.6) is 0 Å². The van der Waals surface area contributed by atoms with Crippen LogP contribution in [-0.2, 0) is 16.4 Å². The van der Waals surface area contributed by atoms with Crippen molar-refractivity contribution >= 4 is 10.0 Å². The molecule has 110 valence electrons. The molecule has 1 N–H and O–H groups in total. The van der Waals surface area contributed by atoms with Crippen molar-refractivity contribution in [2.75, 3.05) is 12.3 Å². The van der Waals surface area contributed by atoms with Gasteiger partial charge in [-0.25, -0.2) is 13.1 Å². The highest BCUT2D eigenvalue weighted by atomic mass is 32.2. The summed E-state index contributed by atoms with van der Waals surface area (Å²) in [7, 11) is -3.20. The SMILES string of the molecule is O=S(=O)(CCc1ccccn1)NCCC1=CCCCC1. The molecule has 5 heteroatoms. The number of aromatic nitrogens is 1. The van der Waals surface area contributed by atoms with E-state index in [4.69, 9.17) is 0 Å². The maximum absolute atomic E-state index is 11.9. The van der Waals surface area contributed by atoms with Gasteiger partial charge in [0.2, 0.25) is 10.0 Å². The average molecular weight is 294 g/mol. The summed E-state index contributed by atoms with van der Waals surface area (Å²) in [6.45, 7) is 0.510. The van der Waals surface area contributed by atoms with Crippen LogP contribution in [0.1, 0.15) is 37.8 Å². The Bertz CT molecular complexity index is 538. The number of hydrogen-bond donors (Lipinski definition) is 1. The van der Waals surface area contributed by atoms with Gasteiger partial charge in [0.15, 0.2) is 0 Å². The van der Waals surface area contributed by atoms with Gasteiger partial charge in [0.1, 0.15) is 0 Å². The fourth-order valence-corrected chi connectivity index (χ4v) is 3.39. The molecule has 1 heterocycles. The Morgan fingerprint density at radius 2 is 2.10 bits per heavy atom. The van der Waals surface area contributed by atoms with E-state index in [1.807, 2.05) is 18.2 Å². The lowest BCUT2D eigenvalue weighted by Gasteiger charge is -2.13. The second kappa shape index (κ2) is 7.55. The number of sulfonamides is 1. The lowest BCUT2D eigenvalue weighted by molar-refractivity contribution is 0.578. The number of nitrogens with one attached hydrogen (secondary N) is 1. The van der Waals surface area contributed by atoms with Crippen molar-refractivity contribution in [3.05, 3.63) is 41.7 Å². The molecular weight excluding hydrogens is 272 g/mol. The third-order valence-electron chi connectivity index (χ3n) is 3.51. The van der Waals surface area contributed by atoms with Crippen molar-refractivity contribution in [2.45, 2.75) is 38.5 Å². The molecule has 0 saturated heterocycles. The van der Waals surface area contributed by atoms with Gasteiger partial charge in [-0.15, -0.1) is 0 Å². The number of aryl methyl sites for hydroxylation is 1. The van der Waals surface area contributed by atoms with Gasteiger partial charge in [-0.05, 0) is 44.2 Å². The average Bonchev–Trinajstić information content (AvgIpc) is 2.47. The van der Waals surface area contributed by atoms with Crippen LogP contribution < -0.4 is 4.72 Å². The molecule has 0 bridgehead atoms. The molecule has 0 unspecified atom stereocenters. The van der Waals surface area contributed by atoms with Gasteiger partial charge in [-0.3, -0.25) is 4.98 Å². The maximum Gasteiger partial charge on any atom is 0.211 e. The summed E-state index contributed by atoms with van der Waals surface area (Å²) < 4.78 is 26.5. The van der Waals surface area contributed by atoms with Crippen LogP contribution >= 0.6 is 0 Å². The molecule has 2 rings (SSSR count). The number of hydrogen-bond acceptors (Lipinski definition) is 3. The fourth-order valence-electron chi connectivity index (χ4n) is 2.36. The highest BCUT2D eigenvalue weighted by Gasteiger charge is 2.11. The maximum atomic E-state index is 11.9. The summed E-state index contributed by atoms with van der Waals surface area (Å²) in [5, 5.41) is 0. The number of rotatable bonds is 7. The molecule has 1 aliphatic carbocycles. The molecule has 0 radical (unpaired) electrons. The van der Waals surface area contributed by atoms with Crippen molar-refractivity contribution in [1.82, 2.24) is 9.71 Å². The Balaban J connectivity index is 1.72. The van der Waals surface area contributed by atoms with Gasteiger partial charge >= 0.3 is 0 Å². The Morgan fingerprint density at radius 1 is 1.20 bits per heavy atom. The Morgan fingerprint density at radius 3 is 2.80 bits per heavy atom. The van der Waals surface area contributed by atoms with Gasteiger partial charge in [0.25, 0.3) is 0 Å². The van der Waals surface area contributed by atoms with Gasteiger partial charge < -0.3 is 0 Å². The standard InChI is InChI=1S/C15H22N2O2S/c18-20(19,13-10-15-8-4-5-11-16-15)17-12-9-14-6-2-1-3-7-14/h4-6,8,11,17H,1-3,7,9-10,12-13H2. The van der Waals surface area contributed by atoms with Crippen LogP contribution in [0.15, 0.2) is 36.0 Å². The van der Waals surface area contributed by atoms with Crippen molar-refractivity contribution in [2.24, 2.45) is 0 Å². The molecule has 1 aliphatic rings. The third-order valence-corrected chi connectivity index (χ3v) is 4.89. The molecule has 1 aromatic rings. The fraction of sp³-hybridized carbons (Fsp3) is 0.533. The molecule has 0 spiro atoms. The van der Waals surface area contributed by atoms with Gasteiger partial charge in [0.05, 0.1) is 5.75 Å². The van der Waals surface area contributed by atoms with E-state index in [0.29, 0.717) is 13.0 Å². The summed E-state index contributed by atoms with van der Waals surface area (Å²) in [6, 6.07) is 5.55. The highest BCUT2D eigenvalue weighted by molar-refractivity contribution is 7.89. The quantitative estimate of drug-likeness (QED) is 0.786. The third kappa shape index (κ3) is 5.43. The molecule has 0 aliphatic heterocycles. The summed E-state index contributed by atoms with van der Waals surface area (Å²) in [5.41, 5.74) is 2.21. The minimum atomic E-state index is -3.20. The van der Waals surface area contributed by atoms with Crippen LogP contribution in [0, 0.1) is 0 Å². The van der Waals surface area contributed by atoms with Gasteiger partial charge in [-0.2, -0.15) is 0 Å². The molecule has 0 fully saturated rings. The normalized spacial score (nSPS) is 15.9. The minimum absolute atomic E-state index is 0.100. The smallest absolute Gasteiger partial charge is 0.211 e. The van der Waals surface area contributed by atoms with Crippen LogP contribution in [0.2, 0.25) is 0 Å². The molecule has 0 atom stereocenters. The zero-order chi connectivity index (χ0) is 14.3. The summed E-state index contributed by atoms with van der Waals surface area (Å²) >= 11 is 0. The van der Waals surface area contributed by atoms with Crippen molar-refractivity contribution in [1.29, 1.82) is 0 Å². The topological polar surface area (TPSA) is 59.1 Å². The molecule has 0 saturated carbocycles. The first-order valence-corrected chi connectivity index (χ1v) is 8.86. The van der Waals surface area contributed by atoms with Crippen molar-refractivity contribution < 1.29 is 8.42 Å². The van der Waals surface area contributed by atoms with E-state index in [1.165, 1.54) is 18.4 Å². The van der Waals surface area contributed by atoms with E-state index >= 15 is 0 Å². The van der Waals surface area contributed by atoms with Gasteiger partial charge in [-0.1, -0.05) is 17.7 Å². The van der Waals surface area contributed by atoms with Crippen LogP contribution in [0.4, 0.5) is 0 Å². The Labute approximate surface area is 121 Å². The number of allylic oxidation sites excluding steroid dienone is 1. The second-order valence-corrected chi connectivity index (χ2v) is 7.07. The highest BCUT2D eigenvalue weighted by Crippen LogP contribution is 2.19. The number of nitrogens with zero attached hydrogens (tertiary/aromatic N) is 1. The number of pyridine rings is 1. The minimum Gasteiger partial charge on any atom is -0.261 e. The van der Waals surface area contributed by atoms with E-state index in [9.17, 15) is 8.42 Å². The summed E-state index contributed by atoms with van der Waals surface area (Å²) in [5.74, 6) is 0.100. The molecular formula is C15H22N2O2S. The van der Waals surface area contributed by atoms with Crippen LogP contribution in [0.3, 0.4) is 0 Å². The molecule has 0 amide bonds. The van der Waals surface area contributed by atoms with E-state index in [-0.39, 0.29) is 5.75 Å². The van der Waals surface area contributed by atoms with Crippen LogP contribution in [-0.4, -0.2) is 25.7 Å². The largest absolute Gasteiger partial charge is 0.261 e. The predicted octanol–water partition coefficient (Wildman–Crippen LogP) is 2.43.